The first-order chi connectivity index (χ1) is 18.7. The van der Waals surface area contributed by atoms with Crippen molar-refractivity contribution < 1.29 is 18.3 Å². The lowest BCUT2D eigenvalue weighted by Crippen LogP contribution is -2.47. The lowest BCUT2D eigenvalue weighted by Gasteiger charge is -2.44. The van der Waals surface area contributed by atoms with Crippen LogP contribution in [0.15, 0.2) is 42.7 Å². The van der Waals surface area contributed by atoms with Crippen molar-refractivity contribution in [2.75, 3.05) is 23.3 Å². The average molecular weight is 536 g/mol. The van der Waals surface area contributed by atoms with E-state index in [0.717, 1.165) is 16.9 Å². The van der Waals surface area contributed by atoms with Crippen LogP contribution in [0, 0.1) is 22.7 Å². The van der Waals surface area contributed by atoms with Gasteiger partial charge in [-0.15, -0.1) is 10.2 Å². The summed E-state index contributed by atoms with van der Waals surface area (Å²) in [6.45, 7) is 0.814. The van der Waals surface area contributed by atoms with E-state index in [1.807, 2.05) is 12.1 Å². The standard InChI is InChI=1S/C26H24F3N9O/c1-36-24(32-18-3-4-19(17(8-18)9-30)20-11-38(15-39)34-22(20)27)33-23(35-36)16-2-5-21(31-10-16)37-7-6-25(14-37)12-26(28,29)13-25/h2-5,8,10-11,39H,6-7,12-15H2,1H3,(H,32,33,35). The number of aliphatic hydroxyl groups is 1. The van der Waals surface area contributed by atoms with Crippen LogP contribution in [0.1, 0.15) is 24.8 Å². The van der Waals surface area contributed by atoms with Crippen molar-refractivity contribution in [2.45, 2.75) is 31.9 Å². The fourth-order valence-corrected chi connectivity index (χ4v) is 5.52. The van der Waals surface area contributed by atoms with E-state index in [4.69, 9.17) is 0 Å². The summed E-state index contributed by atoms with van der Waals surface area (Å²) in [6, 6.07) is 10.6. The number of pyridine rings is 1. The van der Waals surface area contributed by atoms with E-state index in [0.29, 0.717) is 41.7 Å². The summed E-state index contributed by atoms with van der Waals surface area (Å²) in [5.41, 5.74) is 1.61. The van der Waals surface area contributed by atoms with Gasteiger partial charge in [-0.1, -0.05) is 6.07 Å². The molecule has 6 rings (SSSR count). The predicted molar refractivity (Wildman–Crippen MR) is 136 cm³/mol. The van der Waals surface area contributed by atoms with E-state index < -0.39 is 18.6 Å². The van der Waals surface area contributed by atoms with Gasteiger partial charge >= 0.3 is 0 Å². The first kappa shape index (κ1) is 24.9. The third-order valence-corrected chi connectivity index (χ3v) is 7.35. The quantitative estimate of drug-likeness (QED) is 0.379. The summed E-state index contributed by atoms with van der Waals surface area (Å²) in [5, 5.41) is 30.0. The summed E-state index contributed by atoms with van der Waals surface area (Å²) >= 11 is 0. The van der Waals surface area contributed by atoms with Crippen LogP contribution in [-0.2, 0) is 13.8 Å². The molecule has 0 unspecified atom stereocenters. The van der Waals surface area contributed by atoms with Gasteiger partial charge in [0.05, 0.1) is 17.2 Å². The highest BCUT2D eigenvalue weighted by molar-refractivity contribution is 5.74. The first-order valence-corrected chi connectivity index (χ1v) is 12.3. The Labute approximate surface area is 221 Å². The van der Waals surface area contributed by atoms with E-state index in [9.17, 15) is 23.5 Å². The molecule has 3 aromatic heterocycles. The maximum atomic E-state index is 14.2. The lowest BCUT2D eigenvalue weighted by molar-refractivity contribution is -0.152. The third-order valence-electron chi connectivity index (χ3n) is 7.35. The second-order valence-electron chi connectivity index (χ2n) is 10.2. The number of hydrogen-bond donors (Lipinski definition) is 2. The maximum absolute atomic E-state index is 14.2. The number of aryl methyl sites for hydroxylation is 1. The molecule has 4 aromatic rings. The molecular weight excluding hydrogens is 511 g/mol. The van der Waals surface area contributed by atoms with Gasteiger partial charge in [0.1, 0.15) is 12.5 Å². The molecular formula is C26H24F3N9O. The molecule has 0 bridgehead atoms. The zero-order valence-electron chi connectivity index (χ0n) is 20.9. The predicted octanol–water partition coefficient (Wildman–Crippen LogP) is 4.07. The van der Waals surface area contributed by atoms with Gasteiger partial charge in [0.15, 0.2) is 5.82 Å². The Balaban J connectivity index is 1.17. The molecule has 4 heterocycles. The van der Waals surface area contributed by atoms with Gasteiger partial charge in [-0.3, -0.25) is 0 Å². The number of nitrogens with one attached hydrogen (secondary N) is 1. The molecule has 39 heavy (non-hydrogen) atoms. The highest BCUT2D eigenvalue weighted by Gasteiger charge is 2.58. The van der Waals surface area contributed by atoms with Crippen molar-refractivity contribution in [1.82, 2.24) is 29.5 Å². The monoisotopic (exact) mass is 535 g/mol. The fraction of sp³-hybridized carbons (Fsp3) is 0.346. The van der Waals surface area contributed by atoms with Gasteiger partial charge in [0.25, 0.3) is 0 Å². The SMILES string of the molecule is Cn1nc(-c2ccc(N3CCC4(C3)CC(F)(F)C4)nc2)nc1Nc1ccc(-c2cn(CO)nc2F)c(C#N)c1. The van der Waals surface area contributed by atoms with E-state index in [1.54, 1.807) is 36.1 Å². The minimum atomic E-state index is -2.54. The number of anilines is 3. The Bertz CT molecular complexity index is 1580. The van der Waals surface area contributed by atoms with E-state index >= 15 is 0 Å². The second-order valence-corrected chi connectivity index (χ2v) is 10.2. The van der Waals surface area contributed by atoms with Crippen LogP contribution in [-0.4, -0.2) is 53.6 Å². The molecule has 1 saturated heterocycles. The Hall–Kier alpha value is -4.44. The number of halogens is 3. The Morgan fingerprint density at radius 3 is 2.64 bits per heavy atom. The molecule has 10 nitrogen and oxygen atoms in total. The molecule has 200 valence electrons. The number of aromatic nitrogens is 6. The first-order valence-electron chi connectivity index (χ1n) is 12.3. The minimum absolute atomic E-state index is 0.0495. The second kappa shape index (κ2) is 9.09. The molecule has 1 aliphatic heterocycles. The van der Waals surface area contributed by atoms with Gasteiger partial charge < -0.3 is 15.3 Å². The molecule has 1 aromatic carbocycles. The van der Waals surface area contributed by atoms with Crippen LogP contribution >= 0.6 is 0 Å². The van der Waals surface area contributed by atoms with Crippen molar-refractivity contribution in [3.8, 4) is 28.6 Å². The number of nitrogens with zero attached hydrogens (tertiary/aromatic N) is 8. The van der Waals surface area contributed by atoms with Crippen LogP contribution in [0.25, 0.3) is 22.5 Å². The van der Waals surface area contributed by atoms with Crippen LogP contribution < -0.4 is 10.2 Å². The zero-order valence-corrected chi connectivity index (χ0v) is 20.9. The molecule has 13 heteroatoms. The summed E-state index contributed by atoms with van der Waals surface area (Å²) in [6.07, 6.45) is 3.65. The average Bonchev–Trinajstić information content (AvgIpc) is 3.60. The highest BCUT2D eigenvalue weighted by atomic mass is 19.3. The van der Waals surface area contributed by atoms with Crippen molar-refractivity contribution in [3.05, 3.63) is 54.2 Å². The van der Waals surface area contributed by atoms with Crippen molar-refractivity contribution >= 4 is 17.5 Å². The van der Waals surface area contributed by atoms with Crippen molar-refractivity contribution in [1.29, 1.82) is 5.26 Å². The topological polar surface area (TPSA) is 121 Å². The molecule has 2 fully saturated rings. The summed E-state index contributed by atoms with van der Waals surface area (Å²) in [4.78, 5) is 11.1. The largest absolute Gasteiger partial charge is 0.374 e. The van der Waals surface area contributed by atoms with Crippen LogP contribution in [0.4, 0.5) is 30.6 Å². The smallest absolute Gasteiger partial charge is 0.249 e. The van der Waals surface area contributed by atoms with Crippen molar-refractivity contribution in [3.63, 3.8) is 0 Å². The number of nitriles is 1. The molecule has 0 radical (unpaired) electrons. The summed E-state index contributed by atoms with van der Waals surface area (Å²) < 4.78 is 43.7. The van der Waals surface area contributed by atoms with Gasteiger partial charge in [0.2, 0.25) is 17.8 Å². The molecule has 2 aliphatic rings. The summed E-state index contributed by atoms with van der Waals surface area (Å²) in [7, 11) is 1.72. The van der Waals surface area contributed by atoms with Crippen LogP contribution in [0.2, 0.25) is 0 Å². The molecule has 2 N–H and O–H groups in total. The number of aliphatic hydroxyl groups excluding tert-OH is 1. The molecule has 1 saturated carbocycles. The normalized spacial score (nSPS) is 17.3. The highest BCUT2D eigenvalue weighted by Crippen LogP contribution is 2.56. The number of hydrogen-bond acceptors (Lipinski definition) is 8. The zero-order chi connectivity index (χ0) is 27.4. The van der Waals surface area contributed by atoms with Crippen LogP contribution in [0.5, 0.6) is 0 Å². The van der Waals surface area contributed by atoms with Gasteiger partial charge in [-0.05, 0) is 30.7 Å². The van der Waals surface area contributed by atoms with Crippen molar-refractivity contribution in [2.24, 2.45) is 12.5 Å². The van der Waals surface area contributed by atoms with Gasteiger partial charge in [-0.25, -0.2) is 23.1 Å². The Kier molecular flexibility index (Phi) is 5.80. The van der Waals surface area contributed by atoms with E-state index in [2.05, 4.69) is 36.5 Å². The lowest BCUT2D eigenvalue weighted by atomic mass is 9.65. The number of benzene rings is 1. The number of alkyl halides is 2. The van der Waals surface area contributed by atoms with E-state index in [1.165, 1.54) is 6.20 Å². The van der Waals surface area contributed by atoms with Gasteiger partial charge in [-0.2, -0.15) is 14.6 Å². The van der Waals surface area contributed by atoms with E-state index in [-0.39, 0.29) is 29.4 Å². The molecule has 0 amide bonds. The molecule has 1 spiro atoms. The number of rotatable bonds is 6. The van der Waals surface area contributed by atoms with Gasteiger partial charge in [0, 0.05) is 67.6 Å². The maximum Gasteiger partial charge on any atom is 0.249 e. The third kappa shape index (κ3) is 4.57. The fourth-order valence-electron chi connectivity index (χ4n) is 5.52. The minimum Gasteiger partial charge on any atom is -0.374 e. The Morgan fingerprint density at radius 2 is 1.97 bits per heavy atom. The Morgan fingerprint density at radius 1 is 1.15 bits per heavy atom. The molecule has 0 atom stereocenters. The molecule has 1 aliphatic carbocycles. The summed E-state index contributed by atoms with van der Waals surface area (Å²) in [5.74, 6) is -1.73. The van der Waals surface area contributed by atoms with Crippen LogP contribution in [0.3, 0.4) is 0 Å².